The number of fused-ring (bicyclic) bond motifs is 1. The molecule has 10 nitrogen and oxygen atoms in total. The molecule has 4 heterocycles. The normalized spacial score (nSPS) is 15.3. The van der Waals surface area contributed by atoms with Gasteiger partial charge in [-0.05, 0) is 37.6 Å². The Morgan fingerprint density at radius 1 is 0.917 bits per heavy atom. The molecule has 0 atom stereocenters. The molecule has 3 aromatic rings. The summed E-state index contributed by atoms with van der Waals surface area (Å²) in [6, 6.07) is 14.3. The monoisotopic (exact) mass is 485 g/mol. The molecule has 0 bridgehead atoms. The third-order valence-corrected chi connectivity index (χ3v) is 6.35. The zero-order valence-corrected chi connectivity index (χ0v) is 20.1. The van der Waals surface area contributed by atoms with Crippen molar-refractivity contribution in [2.45, 2.75) is 19.8 Å². The van der Waals surface area contributed by atoms with Crippen LogP contribution in [-0.4, -0.2) is 75.2 Å². The number of carbonyl (C=O) groups excluding carboxylic acids is 3. The van der Waals surface area contributed by atoms with E-state index in [0.717, 1.165) is 5.82 Å². The van der Waals surface area contributed by atoms with E-state index in [1.165, 1.54) is 4.90 Å². The predicted molar refractivity (Wildman–Crippen MR) is 134 cm³/mol. The average Bonchev–Trinajstić information content (AvgIpc) is 3.14. The minimum Gasteiger partial charge on any atom is -0.353 e. The van der Waals surface area contributed by atoms with E-state index in [-0.39, 0.29) is 30.7 Å². The second-order valence-electron chi connectivity index (χ2n) is 8.78. The number of hydrogen-bond donors (Lipinski definition) is 1. The van der Waals surface area contributed by atoms with Gasteiger partial charge in [-0.2, -0.15) is 0 Å². The maximum atomic E-state index is 12.8. The highest BCUT2D eigenvalue weighted by Gasteiger charge is 2.34. The van der Waals surface area contributed by atoms with E-state index in [1.807, 2.05) is 36.1 Å². The van der Waals surface area contributed by atoms with Crippen LogP contribution in [0.25, 0.3) is 0 Å². The minimum atomic E-state index is -0.284. The zero-order chi connectivity index (χ0) is 25.1. The summed E-state index contributed by atoms with van der Waals surface area (Å²) in [5.41, 5.74) is 0.867. The number of nitrogens with one attached hydrogen (secondary N) is 1. The Labute approximate surface area is 209 Å². The van der Waals surface area contributed by atoms with Crippen molar-refractivity contribution in [3.63, 3.8) is 0 Å². The van der Waals surface area contributed by atoms with Crippen molar-refractivity contribution in [2.24, 2.45) is 0 Å². The van der Waals surface area contributed by atoms with Crippen LogP contribution in [0.15, 0.2) is 54.7 Å². The molecule has 1 saturated heterocycles. The molecule has 2 aliphatic heterocycles. The van der Waals surface area contributed by atoms with Crippen molar-refractivity contribution >= 4 is 35.2 Å². The zero-order valence-electron chi connectivity index (χ0n) is 20.1. The molecule has 5 rings (SSSR count). The molecule has 0 radical (unpaired) electrons. The van der Waals surface area contributed by atoms with Gasteiger partial charge in [-0.1, -0.05) is 18.2 Å². The molecule has 1 fully saturated rings. The molecule has 0 unspecified atom stereocenters. The van der Waals surface area contributed by atoms with Crippen molar-refractivity contribution in [1.82, 2.24) is 24.8 Å². The second kappa shape index (κ2) is 10.1. The highest BCUT2D eigenvalue weighted by molar-refractivity contribution is 6.21. The van der Waals surface area contributed by atoms with E-state index in [2.05, 4.69) is 25.2 Å². The standard InChI is InChI=1S/C26H27N7O3/c1-18-28-22(30-21-9-4-5-11-27-21)17-23(29-18)31-13-15-32(16-14-31)24(34)10-6-12-33-25(35)19-7-2-3-8-20(19)26(33)36/h2-5,7-9,11,17H,6,10,12-16H2,1H3,(H,27,28,29,30). The van der Waals surface area contributed by atoms with E-state index in [4.69, 9.17) is 0 Å². The Morgan fingerprint density at radius 2 is 1.61 bits per heavy atom. The summed E-state index contributed by atoms with van der Waals surface area (Å²) in [7, 11) is 0. The fourth-order valence-electron chi connectivity index (χ4n) is 4.52. The van der Waals surface area contributed by atoms with Crippen molar-refractivity contribution in [1.29, 1.82) is 0 Å². The first-order valence-electron chi connectivity index (χ1n) is 12.0. The summed E-state index contributed by atoms with van der Waals surface area (Å²) < 4.78 is 0. The molecule has 10 heteroatoms. The first kappa shape index (κ1) is 23.4. The summed E-state index contributed by atoms with van der Waals surface area (Å²) in [5, 5.41) is 3.20. The number of hydrogen-bond acceptors (Lipinski definition) is 8. The number of anilines is 3. The molecular weight excluding hydrogens is 458 g/mol. The van der Waals surface area contributed by atoms with Gasteiger partial charge in [0.2, 0.25) is 5.91 Å². The molecule has 2 aliphatic rings. The first-order chi connectivity index (χ1) is 17.5. The summed E-state index contributed by atoms with van der Waals surface area (Å²) in [4.78, 5) is 56.3. The van der Waals surface area contributed by atoms with Crippen LogP contribution in [0.3, 0.4) is 0 Å². The lowest BCUT2D eigenvalue weighted by molar-refractivity contribution is -0.131. The Balaban J connectivity index is 1.12. The van der Waals surface area contributed by atoms with Gasteiger partial charge in [-0.25, -0.2) is 15.0 Å². The largest absolute Gasteiger partial charge is 0.353 e. The molecule has 3 amide bonds. The highest BCUT2D eigenvalue weighted by atomic mass is 16.2. The number of amides is 3. The Kier molecular flexibility index (Phi) is 6.57. The Morgan fingerprint density at radius 3 is 2.28 bits per heavy atom. The third-order valence-electron chi connectivity index (χ3n) is 6.35. The average molecular weight is 486 g/mol. The molecule has 1 N–H and O–H groups in total. The molecule has 0 saturated carbocycles. The molecule has 184 valence electrons. The summed E-state index contributed by atoms with van der Waals surface area (Å²) in [6.45, 7) is 4.56. The predicted octanol–water partition coefficient (Wildman–Crippen LogP) is 2.65. The van der Waals surface area contributed by atoms with Gasteiger partial charge in [0.05, 0.1) is 11.1 Å². The van der Waals surface area contributed by atoms with Gasteiger partial charge in [0, 0.05) is 51.4 Å². The van der Waals surface area contributed by atoms with Crippen molar-refractivity contribution in [2.75, 3.05) is 42.9 Å². The minimum absolute atomic E-state index is 0.0302. The number of imide groups is 1. The molecular formula is C26H27N7O3. The van der Waals surface area contributed by atoms with E-state index < -0.39 is 0 Å². The van der Waals surface area contributed by atoms with E-state index in [0.29, 0.717) is 61.2 Å². The quantitative estimate of drug-likeness (QED) is 0.509. The molecule has 1 aromatic carbocycles. The van der Waals surface area contributed by atoms with Gasteiger partial charge in [-0.15, -0.1) is 0 Å². The molecule has 2 aromatic heterocycles. The molecule has 36 heavy (non-hydrogen) atoms. The topological polar surface area (TPSA) is 112 Å². The van der Waals surface area contributed by atoms with Crippen LogP contribution in [0.1, 0.15) is 39.4 Å². The van der Waals surface area contributed by atoms with Crippen LogP contribution in [0.4, 0.5) is 17.5 Å². The number of aromatic nitrogens is 3. The third kappa shape index (κ3) is 4.88. The lowest BCUT2D eigenvalue weighted by Crippen LogP contribution is -2.49. The van der Waals surface area contributed by atoms with Gasteiger partial charge in [0.1, 0.15) is 23.3 Å². The fraction of sp³-hybridized carbons (Fsp3) is 0.308. The Hall–Kier alpha value is -4.34. The number of rotatable bonds is 7. The van der Waals surface area contributed by atoms with Gasteiger partial charge >= 0.3 is 0 Å². The van der Waals surface area contributed by atoms with Crippen molar-refractivity contribution < 1.29 is 14.4 Å². The number of piperazine rings is 1. The fourth-order valence-corrected chi connectivity index (χ4v) is 4.52. The van der Waals surface area contributed by atoms with E-state index in [9.17, 15) is 14.4 Å². The lowest BCUT2D eigenvalue weighted by Gasteiger charge is -2.35. The highest BCUT2D eigenvalue weighted by Crippen LogP contribution is 2.23. The number of benzene rings is 1. The van der Waals surface area contributed by atoms with Crippen LogP contribution >= 0.6 is 0 Å². The van der Waals surface area contributed by atoms with E-state index >= 15 is 0 Å². The van der Waals surface area contributed by atoms with Gasteiger partial charge < -0.3 is 15.1 Å². The Bertz CT molecular complexity index is 1250. The van der Waals surface area contributed by atoms with Crippen molar-refractivity contribution in [3.8, 4) is 0 Å². The number of carbonyl (C=O) groups is 3. The molecule has 0 spiro atoms. The maximum absolute atomic E-state index is 12.8. The second-order valence-corrected chi connectivity index (χ2v) is 8.78. The number of aryl methyl sites for hydroxylation is 1. The van der Waals surface area contributed by atoms with Crippen LogP contribution < -0.4 is 10.2 Å². The van der Waals surface area contributed by atoms with Crippen LogP contribution in [0, 0.1) is 6.92 Å². The van der Waals surface area contributed by atoms with Crippen LogP contribution in [-0.2, 0) is 4.79 Å². The van der Waals surface area contributed by atoms with Gasteiger partial charge in [-0.3, -0.25) is 19.3 Å². The van der Waals surface area contributed by atoms with Gasteiger partial charge in [0.25, 0.3) is 11.8 Å². The maximum Gasteiger partial charge on any atom is 0.261 e. The lowest BCUT2D eigenvalue weighted by atomic mass is 10.1. The summed E-state index contributed by atoms with van der Waals surface area (Å²) in [5.74, 6) is 2.29. The van der Waals surface area contributed by atoms with Gasteiger partial charge in [0.15, 0.2) is 0 Å². The number of pyridine rings is 1. The smallest absolute Gasteiger partial charge is 0.261 e. The number of nitrogens with zero attached hydrogens (tertiary/aromatic N) is 6. The van der Waals surface area contributed by atoms with Crippen molar-refractivity contribution in [3.05, 3.63) is 71.7 Å². The molecule has 0 aliphatic carbocycles. The first-order valence-corrected chi connectivity index (χ1v) is 12.0. The van der Waals surface area contributed by atoms with Crippen LogP contribution in [0.2, 0.25) is 0 Å². The van der Waals surface area contributed by atoms with E-state index in [1.54, 1.807) is 30.5 Å². The van der Waals surface area contributed by atoms with Crippen LogP contribution in [0.5, 0.6) is 0 Å². The SMILES string of the molecule is Cc1nc(Nc2ccccn2)cc(N2CCN(C(=O)CCCN3C(=O)c4ccccc4C3=O)CC2)n1. The summed E-state index contributed by atoms with van der Waals surface area (Å²) in [6.07, 6.45) is 2.45. The summed E-state index contributed by atoms with van der Waals surface area (Å²) >= 11 is 0.